The summed E-state index contributed by atoms with van der Waals surface area (Å²) in [5, 5.41) is 67.5. The predicted octanol–water partition coefficient (Wildman–Crippen LogP) is -0.455. The minimum absolute atomic E-state index is 0.0361. The lowest BCUT2D eigenvalue weighted by atomic mass is 9.44. The molecule has 1 unspecified atom stereocenters. The van der Waals surface area contributed by atoms with Gasteiger partial charge in [0, 0.05) is 25.2 Å². The molecule has 2 saturated carbocycles. The first-order chi connectivity index (χ1) is 22.4. The number of ketones is 1. The number of Topliss-reactive ketones (excluding diaryl/α,β-unsaturated/α-hetero) is 1. The van der Waals surface area contributed by atoms with E-state index in [0.29, 0.717) is 0 Å². The van der Waals surface area contributed by atoms with E-state index in [1.807, 2.05) is 0 Å². The summed E-state index contributed by atoms with van der Waals surface area (Å²) in [6, 6.07) is 7.95. The lowest BCUT2D eigenvalue weighted by Crippen LogP contribution is -2.82. The maximum Gasteiger partial charge on any atom is 0.338 e. The van der Waals surface area contributed by atoms with Crippen LogP contribution in [0.15, 0.2) is 41.5 Å². The van der Waals surface area contributed by atoms with Gasteiger partial charge in [0.05, 0.1) is 42.3 Å². The second-order valence-corrected chi connectivity index (χ2v) is 14.5. The summed E-state index contributed by atoms with van der Waals surface area (Å²) in [4.78, 5) is 41.7. The molecule has 4 fully saturated rings. The largest absolute Gasteiger partial charge is 0.455 e. The summed E-state index contributed by atoms with van der Waals surface area (Å²) in [5.41, 5.74) is -6.93. The molecule has 0 amide bonds. The summed E-state index contributed by atoms with van der Waals surface area (Å²) >= 11 is 0. The van der Waals surface area contributed by atoms with Gasteiger partial charge in [-0.15, -0.1) is 0 Å². The summed E-state index contributed by atoms with van der Waals surface area (Å²) < 4.78 is 30.0. The van der Waals surface area contributed by atoms with Crippen LogP contribution in [0.3, 0.4) is 0 Å². The molecule has 5 aliphatic rings. The average molecular weight is 677 g/mol. The Bertz CT molecular complexity index is 1490. The summed E-state index contributed by atoms with van der Waals surface area (Å²) in [6.45, 7) is 6.67. The van der Waals surface area contributed by atoms with Crippen LogP contribution >= 0.6 is 0 Å². The second-order valence-electron chi connectivity index (χ2n) is 14.5. The minimum atomic E-state index is -2.18. The predicted molar refractivity (Wildman–Crippen MR) is 162 cm³/mol. The number of esters is 2. The quantitative estimate of drug-likeness (QED) is 0.172. The number of hydrogen-bond acceptors (Lipinski definition) is 14. The zero-order chi connectivity index (χ0) is 35.1. The topological polar surface area (TPSA) is 219 Å². The van der Waals surface area contributed by atoms with Crippen molar-refractivity contribution in [3.8, 4) is 0 Å². The molecule has 264 valence electrons. The SMILES string of the molecule is CC(=O)O[C@@]12CO[C@@H]1C[C@H](O[C@@H]1OC[C@@H](O)[C@H](O)[C@H]1O)[C@@]1(C)C(=O)[C@H](O)C3=C(C)[C@@H](O)C[C@@](O)([C@@H](OC(=O)c4ccccc4)C12)C3(C)C. The van der Waals surface area contributed by atoms with Gasteiger partial charge in [-0.2, -0.15) is 0 Å². The number of rotatable bonds is 5. The van der Waals surface area contributed by atoms with Gasteiger partial charge in [-0.05, 0) is 37.1 Å². The van der Waals surface area contributed by atoms with Crippen molar-refractivity contribution in [2.45, 2.75) is 114 Å². The number of benzene rings is 1. The molecule has 2 heterocycles. The van der Waals surface area contributed by atoms with Gasteiger partial charge in [0.1, 0.15) is 42.2 Å². The number of aliphatic hydroxyl groups excluding tert-OH is 5. The summed E-state index contributed by atoms with van der Waals surface area (Å²) in [7, 11) is 0. The monoisotopic (exact) mass is 676 g/mol. The molecule has 3 aliphatic carbocycles. The first kappa shape index (κ1) is 35.1. The van der Waals surface area contributed by atoms with Gasteiger partial charge in [-0.3, -0.25) is 9.59 Å². The smallest absolute Gasteiger partial charge is 0.338 e. The Labute approximate surface area is 277 Å². The summed E-state index contributed by atoms with van der Waals surface area (Å²) in [5.74, 6) is -3.93. The summed E-state index contributed by atoms with van der Waals surface area (Å²) in [6.07, 6.45) is -14.2. The third kappa shape index (κ3) is 4.91. The van der Waals surface area contributed by atoms with Crippen LogP contribution in [0, 0.1) is 16.7 Å². The van der Waals surface area contributed by atoms with Crippen molar-refractivity contribution >= 4 is 17.7 Å². The van der Waals surface area contributed by atoms with Crippen LogP contribution in [0.4, 0.5) is 0 Å². The van der Waals surface area contributed by atoms with Crippen molar-refractivity contribution < 1.29 is 68.7 Å². The van der Waals surface area contributed by atoms with Crippen molar-refractivity contribution in [3.05, 3.63) is 47.0 Å². The van der Waals surface area contributed by atoms with Crippen LogP contribution in [-0.2, 0) is 33.3 Å². The number of aliphatic hydroxyl groups is 6. The molecule has 48 heavy (non-hydrogen) atoms. The highest BCUT2D eigenvalue weighted by atomic mass is 16.7. The van der Waals surface area contributed by atoms with Gasteiger partial charge in [0.2, 0.25) is 0 Å². The van der Waals surface area contributed by atoms with Gasteiger partial charge >= 0.3 is 11.9 Å². The van der Waals surface area contributed by atoms with Crippen LogP contribution in [-0.4, -0.2) is 128 Å². The Hall–Kier alpha value is -2.79. The molecule has 2 saturated heterocycles. The van der Waals surface area contributed by atoms with Crippen LogP contribution in [0.5, 0.6) is 0 Å². The number of ether oxygens (including phenoxy) is 5. The fraction of sp³-hybridized carbons (Fsp3) is 0.676. The molecular weight excluding hydrogens is 632 g/mol. The van der Waals surface area contributed by atoms with Gasteiger partial charge in [-0.1, -0.05) is 32.0 Å². The third-order valence-electron chi connectivity index (χ3n) is 11.7. The molecule has 1 aromatic carbocycles. The van der Waals surface area contributed by atoms with E-state index in [2.05, 4.69) is 0 Å². The number of carbonyl (C=O) groups is 3. The molecule has 6 rings (SSSR count). The van der Waals surface area contributed by atoms with E-state index < -0.39 is 107 Å². The third-order valence-corrected chi connectivity index (χ3v) is 11.7. The fourth-order valence-electron chi connectivity index (χ4n) is 8.90. The lowest BCUT2D eigenvalue weighted by Gasteiger charge is -2.68. The van der Waals surface area contributed by atoms with E-state index in [9.17, 15) is 40.2 Å². The molecule has 6 N–H and O–H groups in total. The molecule has 0 spiro atoms. The van der Waals surface area contributed by atoms with Crippen molar-refractivity contribution in [1.29, 1.82) is 0 Å². The molecule has 1 aromatic rings. The average Bonchev–Trinajstić information content (AvgIpc) is 3.02. The highest BCUT2D eigenvalue weighted by molar-refractivity contribution is 5.94. The Morgan fingerprint density at radius 1 is 0.979 bits per heavy atom. The van der Waals surface area contributed by atoms with Crippen LogP contribution < -0.4 is 0 Å². The van der Waals surface area contributed by atoms with Crippen LogP contribution in [0.1, 0.15) is 57.8 Å². The molecular formula is C34H44O14. The van der Waals surface area contributed by atoms with E-state index in [4.69, 9.17) is 23.7 Å². The molecule has 0 aromatic heterocycles. The Morgan fingerprint density at radius 3 is 2.25 bits per heavy atom. The van der Waals surface area contributed by atoms with E-state index in [0.717, 1.165) is 0 Å². The number of hydrogen-bond donors (Lipinski definition) is 6. The fourth-order valence-corrected chi connectivity index (χ4v) is 8.90. The maximum atomic E-state index is 15.0. The molecule has 13 atom stereocenters. The van der Waals surface area contributed by atoms with Gasteiger partial charge in [-0.25, -0.2) is 4.79 Å². The Kier molecular flexibility index (Phi) is 8.71. The molecule has 14 nitrogen and oxygen atoms in total. The Morgan fingerprint density at radius 2 is 1.65 bits per heavy atom. The minimum Gasteiger partial charge on any atom is -0.455 e. The van der Waals surface area contributed by atoms with E-state index in [1.165, 1.54) is 26.0 Å². The standard InChI is InChI=1S/C34H44O14/c1-15-18(36)12-34(43)28(47-29(42)17-9-7-6-8-10-17)26-32(5,27(41)24(39)22(15)31(34,3)4)20(11-21-33(26,14-45-21)48-16(2)35)46-30-25(40)23(38)19(37)13-44-30/h6-10,18-21,23-26,28,30,36-40,43H,11-14H2,1-5H3/t18-,19+,20-,21+,23-,24+,25+,26?,28-,30-,32+,33-,34+/m0/s1. The number of fused-ring (bicyclic) bond motifs is 5. The first-order valence-electron chi connectivity index (χ1n) is 16.1. The molecule has 14 heteroatoms. The maximum absolute atomic E-state index is 15.0. The highest BCUT2D eigenvalue weighted by Gasteiger charge is 2.78. The van der Waals surface area contributed by atoms with Crippen molar-refractivity contribution in [2.24, 2.45) is 16.7 Å². The molecule has 2 aliphatic heterocycles. The van der Waals surface area contributed by atoms with E-state index >= 15 is 4.79 Å². The zero-order valence-corrected chi connectivity index (χ0v) is 27.4. The first-order valence-corrected chi connectivity index (χ1v) is 16.1. The van der Waals surface area contributed by atoms with Gasteiger partial charge in [0.25, 0.3) is 0 Å². The van der Waals surface area contributed by atoms with Crippen LogP contribution in [0.2, 0.25) is 0 Å². The molecule has 2 bridgehead atoms. The normalized spacial score (nSPS) is 45.1. The zero-order valence-electron chi connectivity index (χ0n) is 27.4. The van der Waals surface area contributed by atoms with E-state index in [1.54, 1.807) is 39.0 Å². The van der Waals surface area contributed by atoms with Crippen molar-refractivity contribution in [2.75, 3.05) is 13.2 Å². The van der Waals surface area contributed by atoms with Crippen molar-refractivity contribution in [3.63, 3.8) is 0 Å². The Balaban J connectivity index is 1.59. The number of carbonyl (C=O) groups excluding carboxylic acids is 3. The lowest BCUT2D eigenvalue weighted by molar-refractivity contribution is -0.366. The van der Waals surface area contributed by atoms with E-state index in [-0.39, 0.29) is 36.2 Å². The molecule has 0 radical (unpaired) electrons. The van der Waals surface area contributed by atoms with Crippen LogP contribution in [0.25, 0.3) is 0 Å². The highest BCUT2D eigenvalue weighted by Crippen LogP contribution is 2.64. The van der Waals surface area contributed by atoms with Gasteiger partial charge in [0.15, 0.2) is 17.7 Å². The van der Waals surface area contributed by atoms with Crippen molar-refractivity contribution in [1.82, 2.24) is 0 Å². The second kappa shape index (κ2) is 11.9. The van der Waals surface area contributed by atoms with Gasteiger partial charge < -0.3 is 54.3 Å².